The molecule has 17 heavy (non-hydrogen) atoms. The summed E-state index contributed by atoms with van der Waals surface area (Å²) in [7, 11) is 1.28. The van der Waals surface area contributed by atoms with Crippen LogP contribution in [0.3, 0.4) is 0 Å². The van der Waals surface area contributed by atoms with Crippen molar-refractivity contribution in [2.24, 2.45) is 0 Å². The van der Waals surface area contributed by atoms with Gasteiger partial charge in [0.2, 0.25) is 0 Å². The first-order chi connectivity index (χ1) is 7.86. The maximum absolute atomic E-state index is 11.1. The molecule has 0 spiro atoms. The summed E-state index contributed by atoms with van der Waals surface area (Å²) in [5.74, 6) is 0.308. The van der Waals surface area contributed by atoms with Gasteiger partial charge < -0.3 is 4.74 Å². The lowest BCUT2D eigenvalue weighted by Crippen LogP contribution is -1.98. The lowest BCUT2D eigenvalue weighted by molar-refractivity contribution is 0.325. The zero-order chi connectivity index (χ0) is 13.1. The van der Waals surface area contributed by atoms with Gasteiger partial charge in [0.05, 0.1) is 16.7 Å². The molecule has 0 saturated carbocycles. The van der Waals surface area contributed by atoms with E-state index in [2.05, 4.69) is 6.58 Å². The van der Waals surface area contributed by atoms with Crippen molar-refractivity contribution in [1.29, 1.82) is 0 Å². The van der Waals surface area contributed by atoms with Gasteiger partial charge in [-0.25, -0.2) is 8.42 Å². The summed E-state index contributed by atoms with van der Waals surface area (Å²) in [5, 5.41) is 0.107. The predicted octanol–water partition coefficient (Wildman–Crippen LogP) is 3.88. The molecule has 0 aliphatic heterocycles. The molecule has 1 rings (SSSR count). The Balaban J connectivity index is 3.06. The largest absolute Gasteiger partial charge is 0.492 e. The molecule has 7 heteroatoms. The average Bonchev–Trinajstić information content (AvgIpc) is 2.21. The maximum atomic E-state index is 11.1. The molecule has 0 heterocycles. The van der Waals surface area contributed by atoms with Crippen molar-refractivity contribution in [2.45, 2.75) is 11.3 Å². The molecule has 94 valence electrons. The normalized spacial score (nSPS) is 11.2. The summed E-state index contributed by atoms with van der Waals surface area (Å²) in [5.41, 5.74) is 0. The van der Waals surface area contributed by atoms with E-state index < -0.39 is 9.05 Å². The quantitative estimate of drug-likeness (QED) is 0.470. The molecule has 0 atom stereocenters. The summed E-state index contributed by atoms with van der Waals surface area (Å²) >= 11 is 11.6. The molecule has 0 bridgehead atoms. The lowest BCUT2D eigenvalue weighted by atomic mass is 10.3. The van der Waals surface area contributed by atoms with E-state index in [1.165, 1.54) is 6.07 Å². The molecule has 1 aromatic rings. The second-order valence-electron chi connectivity index (χ2n) is 3.08. The fourth-order valence-corrected chi connectivity index (χ4v) is 2.85. The highest BCUT2D eigenvalue weighted by atomic mass is 35.7. The summed E-state index contributed by atoms with van der Waals surface area (Å²) in [6.45, 7) is 3.92. The zero-order valence-corrected chi connectivity index (χ0v) is 11.7. The molecule has 0 aromatic heterocycles. The maximum Gasteiger partial charge on any atom is 0.262 e. The third kappa shape index (κ3) is 4.07. The van der Waals surface area contributed by atoms with Gasteiger partial charge in [-0.15, -0.1) is 6.58 Å². The van der Waals surface area contributed by atoms with Gasteiger partial charge in [-0.3, -0.25) is 0 Å². The minimum atomic E-state index is -3.91. The minimum Gasteiger partial charge on any atom is -0.492 e. The van der Waals surface area contributed by atoms with Crippen molar-refractivity contribution in [1.82, 2.24) is 0 Å². The molecule has 0 unspecified atom stereocenters. The van der Waals surface area contributed by atoms with Gasteiger partial charge in [0.25, 0.3) is 9.05 Å². The fourth-order valence-electron chi connectivity index (χ4n) is 1.06. The number of benzene rings is 1. The second kappa shape index (κ2) is 5.96. The van der Waals surface area contributed by atoms with Gasteiger partial charge in [0, 0.05) is 16.7 Å². The van der Waals surface area contributed by atoms with E-state index in [4.69, 9.17) is 38.6 Å². The zero-order valence-electron chi connectivity index (χ0n) is 8.62. The molecular weight excluding hydrogens is 307 g/mol. The van der Waals surface area contributed by atoms with Crippen LogP contribution in [0, 0.1) is 0 Å². The van der Waals surface area contributed by atoms with Crippen LogP contribution in [0.25, 0.3) is 0 Å². The molecule has 0 radical (unpaired) electrons. The van der Waals surface area contributed by atoms with E-state index >= 15 is 0 Å². The van der Waals surface area contributed by atoms with E-state index in [9.17, 15) is 8.42 Å². The third-order valence-corrected chi connectivity index (χ3v) is 3.91. The van der Waals surface area contributed by atoms with Crippen LogP contribution < -0.4 is 4.74 Å². The number of hydrogen-bond acceptors (Lipinski definition) is 3. The Morgan fingerprint density at radius 1 is 1.29 bits per heavy atom. The van der Waals surface area contributed by atoms with E-state index in [0.29, 0.717) is 18.8 Å². The van der Waals surface area contributed by atoms with Crippen molar-refractivity contribution < 1.29 is 13.2 Å². The van der Waals surface area contributed by atoms with Crippen molar-refractivity contribution in [2.75, 3.05) is 6.61 Å². The Morgan fingerprint density at radius 3 is 2.47 bits per heavy atom. The number of rotatable bonds is 5. The first-order valence-electron chi connectivity index (χ1n) is 4.53. The molecule has 0 aliphatic rings. The second-order valence-corrected chi connectivity index (χ2v) is 6.43. The molecule has 1 aromatic carbocycles. The molecule has 0 amide bonds. The molecule has 3 nitrogen and oxygen atoms in total. The summed E-state index contributed by atoms with van der Waals surface area (Å²) < 4.78 is 27.6. The first-order valence-corrected chi connectivity index (χ1v) is 7.60. The van der Waals surface area contributed by atoms with E-state index in [1.54, 1.807) is 6.08 Å². The summed E-state index contributed by atoms with van der Waals surface area (Å²) in [6, 6.07) is 2.48. The van der Waals surface area contributed by atoms with Crippen LogP contribution in [0.2, 0.25) is 10.0 Å². The molecular formula is C10H9Cl3O3S. The SMILES string of the molecule is C=CCCOc1cc(Cl)c(S(=O)(=O)Cl)cc1Cl. The van der Waals surface area contributed by atoms with Crippen LogP contribution in [0.5, 0.6) is 5.75 Å². The minimum absolute atomic E-state index is 0.0296. The lowest BCUT2D eigenvalue weighted by Gasteiger charge is -2.09. The highest BCUT2D eigenvalue weighted by Gasteiger charge is 2.18. The van der Waals surface area contributed by atoms with Crippen LogP contribution in [-0.4, -0.2) is 15.0 Å². The molecule has 0 N–H and O–H groups in total. The topological polar surface area (TPSA) is 43.4 Å². The fraction of sp³-hybridized carbons (Fsp3) is 0.200. The van der Waals surface area contributed by atoms with Crippen LogP contribution in [-0.2, 0) is 9.05 Å². The number of ether oxygens (including phenoxy) is 1. The van der Waals surface area contributed by atoms with Crippen molar-refractivity contribution in [3.05, 3.63) is 34.8 Å². The van der Waals surface area contributed by atoms with Gasteiger partial charge >= 0.3 is 0 Å². The summed E-state index contributed by atoms with van der Waals surface area (Å²) in [6.07, 6.45) is 2.33. The Bertz CT molecular complexity index is 526. The van der Waals surface area contributed by atoms with E-state index in [0.717, 1.165) is 6.07 Å². The Morgan fingerprint density at radius 2 is 1.94 bits per heavy atom. The van der Waals surface area contributed by atoms with Crippen LogP contribution >= 0.6 is 33.9 Å². The molecule has 0 fully saturated rings. The van der Waals surface area contributed by atoms with Crippen LogP contribution in [0.4, 0.5) is 0 Å². The summed E-state index contributed by atoms with van der Waals surface area (Å²) in [4.78, 5) is -0.234. The molecule has 0 saturated heterocycles. The van der Waals surface area contributed by atoms with Crippen molar-refractivity contribution in [3.63, 3.8) is 0 Å². The Hall–Kier alpha value is -0.420. The van der Waals surface area contributed by atoms with E-state index in [-0.39, 0.29) is 14.9 Å². The van der Waals surface area contributed by atoms with Gasteiger partial charge in [-0.05, 0) is 12.5 Å². The highest BCUT2D eigenvalue weighted by Crippen LogP contribution is 2.34. The molecule has 0 aliphatic carbocycles. The van der Waals surface area contributed by atoms with Gasteiger partial charge in [0.1, 0.15) is 10.6 Å². The van der Waals surface area contributed by atoms with Gasteiger partial charge in [-0.1, -0.05) is 29.3 Å². The number of hydrogen-bond donors (Lipinski definition) is 0. The van der Waals surface area contributed by atoms with Crippen LogP contribution in [0.15, 0.2) is 29.7 Å². The monoisotopic (exact) mass is 314 g/mol. The Kier molecular flexibility index (Phi) is 5.13. The number of halogens is 3. The average molecular weight is 316 g/mol. The van der Waals surface area contributed by atoms with Gasteiger partial charge in [-0.2, -0.15) is 0 Å². The third-order valence-electron chi connectivity index (χ3n) is 1.83. The first kappa shape index (κ1) is 14.6. The standard InChI is InChI=1S/C10H9Cl3O3S/c1-2-3-4-16-9-5-8(12)10(6-7(9)11)17(13,14)15/h2,5-6H,1,3-4H2. The predicted molar refractivity (Wildman–Crippen MR) is 69.8 cm³/mol. The van der Waals surface area contributed by atoms with Crippen LogP contribution in [0.1, 0.15) is 6.42 Å². The van der Waals surface area contributed by atoms with Crippen molar-refractivity contribution in [3.8, 4) is 5.75 Å². The van der Waals surface area contributed by atoms with Crippen molar-refractivity contribution >= 4 is 42.9 Å². The smallest absolute Gasteiger partial charge is 0.262 e. The Labute approximate surface area is 114 Å². The highest BCUT2D eigenvalue weighted by molar-refractivity contribution is 8.13. The van der Waals surface area contributed by atoms with Gasteiger partial charge in [0.15, 0.2) is 0 Å². The van der Waals surface area contributed by atoms with E-state index in [1.807, 2.05) is 0 Å².